The molecule has 0 spiro atoms. The van der Waals surface area contributed by atoms with Gasteiger partial charge < -0.3 is 0 Å². The van der Waals surface area contributed by atoms with Crippen molar-refractivity contribution < 1.29 is 0 Å². The van der Waals surface area contributed by atoms with Gasteiger partial charge in [0.25, 0.3) is 0 Å². The average Bonchev–Trinajstić information content (AvgIpc) is 2.89. The fourth-order valence-electron chi connectivity index (χ4n) is 5.78. The van der Waals surface area contributed by atoms with Gasteiger partial charge in [0.15, 0.2) is 0 Å². The van der Waals surface area contributed by atoms with Crippen LogP contribution in [0.3, 0.4) is 0 Å². The van der Waals surface area contributed by atoms with E-state index in [1.165, 1.54) is 50.5 Å². The summed E-state index contributed by atoms with van der Waals surface area (Å²) in [7, 11) is 0. The number of fused-ring (bicyclic) bond motifs is 5. The summed E-state index contributed by atoms with van der Waals surface area (Å²) in [5.41, 5.74) is 5.15. The summed E-state index contributed by atoms with van der Waals surface area (Å²) in [4.78, 5) is 0. The van der Waals surface area contributed by atoms with E-state index in [0.29, 0.717) is 5.41 Å². The topological polar surface area (TPSA) is 0 Å². The van der Waals surface area contributed by atoms with Crippen molar-refractivity contribution in [3.8, 4) is 11.8 Å². The van der Waals surface area contributed by atoms with Crippen LogP contribution in [0.15, 0.2) is 18.2 Å². The predicted octanol–water partition coefficient (Wildman–Crippen LogP) is 5.30. The molecule has 4 atom stereocenters. The second-order valence-electron chi connectivity index (χ2n) is 7.79. The molecule has 3 aliphatic rings. The Morgan fingerprint density at radius 1 is 1.14 bits per heavy atom. The summed E-state index contributed by atoms with van der Waals surface area (Å²) in [5.74, 6) is 9.07. The Kier molecular flexibility index (Phi) is 3.14. The molecule has 0 aliphatic heterocycles. The maximum Gasteiger partial charge on any atom is 0.0248 e. The van der Waals surface area contributed by atoms with Gasteiger partial charge in [-0.2, -0.15) is 0 Å². The second kappa shape index (κ2) is 4.91. The van der Waals surface area contributed by atoms with Crippen molar-refractivity contribution in [2.24, 2.45) is 17.3 Å². The van der Waals surface area contributed by atoms with Crippen molar-refractivity contribution in [1.29, 1.82) is 0 Å². The van der Waals surface area contributed by atoms with E-state index in [-0.39, 0.29) is 0 Å². The van der Waals surface area contributed by atoms with E-state index in [1.807, 2.05) is 6.92 Å². The first-order chi connectivity index (χ1) is 10.2. The van der Waals surface area contributed by atoms with Crippen molar-refractivity contribution in [2.45, 2.75) is 64.7 Å². The summed E-state index contributed by atoms with van der Waals surface area (Å²) in [5, 5.41) is 0. The molecule has 0 aromatic heterocycles. The van der Waals surface area contributed by atoms with Crippen LogP contribution >= 0.6 is 0 Å². The van der Waals surface area contributed by atoms with Crippen LogP contribution < -0.4 is 0 Å². The molecule has 0 heteroatoms. The van der Waals surface area contributed by atoms with Crippen molar-refractivity contribution in [2.75, 3.05) is 0 Å². The minimum atomic E-state index is 0.666. The predicted molar refractivity (Wildman–Crippen MR) is 88.2 cm³/mol. The molecule has 3 aliphatic carbocycles. The van der Waals surface area contributed by atoms with Crippen molar-refractivity contribution in [1.82, 2.24) is 0 Å². The fraction of sp³-hybridized carbons (Fsp3) is 0.619. The van der Waals surface area contributed by atoms with Crippen LogP contribution in [-0.2, 0) is 6.42 Å². The number of rotatable bonds is 0. The highest BCUT2D eigenvalue weighted by Crippen LogP contribution is 2.60. The van der Waals surface area contributed by atoms with Crippen LogP contribution in [0.1, 0.15) is 75.0 Å². The van der Waals surface area contributed by atoms with E-state index in [9.17, 15) is 0 Å². The van der Waals surface area contributed by atoms with Gasteiger partial charge in [0.2, 0.25) is 0 Å². The van der Waals surface area contributed by atoms with E-state index < -0.39 is 0 Å². The Bertz CT molecular complexity index is 615. The van der Waals surface area contributed by atoms with Crippen LogP contribution in [0, 0.1) is 29.1 Å². The Morgan fingerprint density at radius 2 is 2.05 bits per heavy atom. The lowest BCUT2D eigenvalue weighted by Gasteiger charge is -2.49. The lowest BCUT2D eigenvalue weighted by molar-refractivity contribution is 0.0598. The highest BCUT2D eigenvalue weighted by molar-refractivity contribution is 5.44. The molecule has 1 aromatic carbocycles. The van der Waals surface area contributed by atoms with Crippen molar-refractivity contribution in [3.63, 3.8) is 0 Å². The highest BCUT2D eigenvalue weighted by Gasteiger charge is 2.50. The summed E-state index contributed by atoms with van der Waals surface area (Å²) in [6.45, 7) is 4.52. The first-order valence-electron chi connectivity index (χ1n) is 8.77. The molecule has 0 saturated heterocycles. The molecule has 21 heavy (non-hydrogen) atoms. The molecule has 0 nitrogen and oxygen atoms in total. The third-order valence-electron chi connectivity index (χ3n) is 6.78. The molecule has 4 rings (SSSR count). The Morgan fingerprint density at radius 3 is 2.90 bits per heavy atom. The van der Waals surface area contributed by atoms with Crippen LogP contribution in [0.25, 0.3) is 0 Å². The Hall–Kier alpha value is -1.22. The smallest absolute Gasteiger partial charge is 0.0248 e. The van der Waals surface area contributed by atoms with Gasteiger partial charge in [-0.15, -0.1) is 5.92 Å². The fourth-order valence-corrected chi connectivity index (χ4v) is 5.78. The normalized spacial score (nSPS) is 37.0. The number of benzene rings is 1. The van der Waals surface area contributed by atoms with Crippen LogP contribution in [-0.4, -0.2) is 0 Å². The Labute approximate surface area is 129 Å². The zero-order valence-electron chi connectivity index (χ0n) is 13.4. The highest BCUT2D eigenvalue weighted by atomic mass is 14.5. The molecule has 0 heterocycles. The standard InChI is InChI=1S/C21H26/c1-3-5-15-7-8-16-9-10-18-17(19(16)14-15)11-13-21(2)12-4-6-20(18)21/h7-8,14,17-18,20H,4,6,9-13H2,1-2H3/t17-,18+,20-,21-/m0/s1. The summed E-state index contributed by atoms with van der Waals surface area (Å²) >= 11 is 0. The molecule has 0 radical (unpaired) electrons. The maximum atomic E-state index is 3.26. The quantitative estimate of drug-likeness (QED) is 0.565. The molecule has 1 aromatic rings. The molecule has 0 bridgehead atoms. The number of hydrogen-bond donors (Lipinski definition) is 0. The van der Waals surface area contributed by atoms with Gasteiger partial charge >= 0.3 is 0 Å². The van der Waals surface area contributed by atoms with E-state index in [0.717, 1.165) is 17.8 Å². The first kappa shape index (κ1) is 13.4. The van der Waals surface area contributed by atoms with Gasteiger partial charge in [-0.25, -0.2) is 0 Å². The zero-order chi connectivity index (χ0) is 14.4. The second-order valence-corrected chi connectivity index (χ2v) is 7.79. The van der Waals surface area contributed by atoms with E-state index in [2.05, 4.69) is 37.0 Å². The van der Waals surface area contributed by atoms with Gasteiger partial charge in [0, 0.05) is 5.56 Å². The minimum Gasteiger partial charge on any atom is -0.101 e. The van der Waals surface area contributed by atoms with Gasteiger partial charge in [-0.3, -0.25) is 0 Å². The van der Waals surface area contributed by atoms with E-state index >= 15 is 0 Å². The molecule has 2 fully saturated rings. The number of aryl methyl sites for hydroxylation is 1. The minimum absolute atomic E-state index is 0.666. The van der Waals surface area contributed by atoms with Crippen molar-refractivity contribution >= 4 is 0 Å². The zero-order valence-corrected chi connectivity index (χ0v) is 13.4. The van der Waals surface area contributed by atoms with Crippen molar-refractivity contribution in [3.05, 3.63) is 34.9 Å². The third kappa shape index (κ3) is 2.05. The monoisotopic (exact) mass is 278 g/mol. The SMILES string of the molecule is CC#Cc1ccc2c(c1)[C@H]1CC[C@]3(C)CCC[C@H]3[C@@H]1CC2. The van der Waals surface area contributed by atoms with Crippen LogP contribution in [0.5, 0.6) is 0 Å². The maximum absolute atomic E-state index is 3.26. The summed E-state index contributed by atoms with van der Waals surface area (Å²) in [6, 6.07) is 6.99. The molecule has 2 saturated carbocycles. The summed E-state index contributed by atoms with van der Waals surface area (Å²) in [6.07, 6.45) is 10.0. The average molecular weight is 278 g/mol. The molecule has 110 valence electrons. The molecular weight excluding hydrogens is 252 g/mol. The van der Waals surface area contributed by atoms with Crippen LogP contribution in [0.2, 0.25) is 0 Å². The molecular formula is C21H26. The lowest BCUT2D eigenvalue weighted by Crippen LogP contribution is -2.39. The van der Waals surface area contributed by atoms with E-state index in [1.54, 1.807) is 11.1 Å². The van der Waals surface area contributed by atoms with Gasteiger partial charge in [0.05, 0.1) is 0 Å². The first-order valence-corrected chi connectivity index (χ1v) is 8.77. The molecule has 0 unspecified atom stereocenters. The number of hydrogen-bond acceptors (Lipinski definition) is 0. The lowest BCUT2D eigenvalue weighted by atomic mass is 9.56. The Balaban J connectivity index is 1.72. The van der Waals surface area contributed by atoms with Crippen LogP contribution in [0.4, 0.5) is 0 Å². The van der Waals surface area contributed by atoms with Gasteiger partial charge in [0.1, 0.15) is 0 Å². The molecule has 0 N–H and O–H groups in total. The van der Waals surface area contributed by atoms with Gasteiger partial charge in [-0.1, -0.05) is 25.3 Å². The van der Waals surface area contributed by atoms with E-state index in [4.69, 9.17) is 0 Å². The summed E-state index contributed by atoms with van der Waals surface area (Å²) < 4.78 is 0. The van der Waals surface area contributed by atoms with Gasteiger partial charge in [-0.05, 0) is 91.9 Å². The third-order valence-corrected chi connectivity index (χ3v) is 6.78. The largest absolute Gasteiger partial charge is 0.101 e. The molecule has 0 amide bonds.